The second-order valence-electron chi connectivity index (χ2n) is 6.95. The Balaban J connectivity index is 1.60. The lowest BCUT2D eigenvalue weighted by atomic mass is 10.1. The molecule has 2 aromatic rings. The SMILES string of the molecule is CN(C)c1ccc(C(=O)OCC(=O)Nc2sc3c(c2C#N)CCCCC3)cc1. The van der Waals surface area contributed by atoms with E-state index in [0.717, 1.165) is 36.9 Å². The highest BCUT2D eigenvalue weighted by atomic mass is 32.1. The Morgan fingerprint density at radius 2 is 1.89 bits per heavy atom. The third kappa shape index (κ3) is 4.52. The lowest BCUT2D eigenvalue weighted by molar-refractivity contribution is -0.119. The van der Waals surface area contributed by atoms with Gasteiger partial charge in [-0.05, 0) is 55.5 Å². The lowest BCUT2D eigenvalue weighted by Crippen LogP contribution is -2.21. The van der Waals surface area contributed by atoms with E-state index in [1.807, 2.05) is 31.1 Å². The van der Waals surface area contributed by atoms with Gasteiger partial charge in [0.2, 0.25) is 0 Å². The zero-order valence-electron chi connectivity index (χ0n) is 16.1. The summed E-state index contributed by atoms with van der Waals surface area (Å²) in [6, 6.07) is 9.19. The minimum atomic E-state index is -0.553. The molecule has 28 heavy (non-hydrogen) atoms. The molecule has 0 saturated heterocycles. The van der Waals surface area contributed by atoms with Crippen LogP contribution in [0.2, 0.25) is 0 Å². The third-order valence-corrected chi connectivity index (χ3v) is 5.95. The van der Waals surface area contributed by atoms with Gasteiger partial charge in [-0.1, -0.05) is 6.42 Å². The Kier molecular flexibility index (Phi) is 6.32. The average molecular weight is 398 g/mol. The molecule has 0 aliphatic heterocycles. The quantitative estimate of drug-likeness (QED) is 0.614. The number of hydrogen-bond donors (Lipinski definition) is 1. The van der Waals surface area contributed by atoms with E-state index in [9.17, 15) is 14.9 Å². The normalized spacial score (nSPS) is 13.0. The number of thiophene rings is 1. The summed E-state index contributed by atoms with van der Waals surface area (Å²) in [4.78, 5) is 27.5. The van der Waals surface area contributed by atoms with Crippen LogP contribution in [0.4, 0.5) is 10.7 Å². The molecular formula is C21H23N3O3S. The summed E-state index contributed by atoms with van der Waals surface area (Å²) in [5.41, 5.74) is 2.98. The number of amides is 1. The molecule has 0 radical (unpaired) electrons. The molecule has 0 spiro atoms. The fourth-order valence-corrected chi connectivity index (χ4v) is 4.48. The lowest BCUT2D eigenvalue weighted by Gasteiger charge is -2.12. The maximum atomic E-state index is 12.2. The summed E-state index contributed by atoms with van der Waals surface area (Å²) in [6.45, 7) is -0.387. The zero-order chi connectivity index (χ0) is 20.1. The highest BCUT2D eigenvalue weighted by molar-refractivity contribution is 7.16. The van der Waals surface area contributed by atoms with E-state index in [1.54, 1.807) is 12.1 Å². The number of aryl methyl sites for hydroxylation is 1. The Morgan fingerprint density at radius 3 is 2.57 bits per heavy atom. The van der Waals surface area contributed by atoms with Gasteiger partial charge in [-0.2, -0.15) is 5.26 Å². The number of benzene rings is 1. The van der Waals surface area contributed by atoms with E-state index < -0.39 is 11.9 Å². The summed E-state index contributed by atoms with van der Waals surface area (Å²) >= 11 is 1.46. The third-order valence-electron chi connectivity index (χ3n) is 4.74. The minimum absolute atomic E-state index is 0.387. The number of anilines is 2. The fourth-order valence-electron chi connectivity index (χ4n) is 3.22. The van der Waals surface area contributed by atoms with E-state index in [0.29, 0.717) is 16.1 Å². The molecule has 1 N–H and O–H groups in total. The minimum Gasteiger partial charge on any atom is -0.452 e. The van der Waals surface area contributed by atoms with Crippen molar-refractivity contribution in [2.75, 3.05) is 30.9 Å². The number of nitrogens with zero attached hydrogens (tertiary/aromatic N) is 2. The number of rotatable bonds is 5. The second-order valence-corrected chi connectivity index (χ2v) is 8.05. The summed E-state index contributed by atoms with van der Waals surface area (Å²) in [7, 11) is 3.83. The van der Waals surface area contributed by atoms with Crippen LogP contribution >= 0.6 is 11.3 Å². The van der Waals surface area contributed by atoms with Crippen LogP contribution in [0.15, 0.2) is 24.3 Å². The molecule has 0 unspecified atom stereocenters. The Labute approximate surface area is 168 Å². The van der Waals surface area contributed by atoms with Gasteiger partial charge in [-0.15, -0.1) is 11.3 Å². The predicted molar refractivity (Wildman–Crippen MR) is 110 cm³/mol. The number of carbonyl (C=O) groups is 2. The van der Waals surface area contributed by atoms with Gasteiger partial charge in [0.15, 0.2) is 6.61 Å². The number of nitriles is 1. The molecule has 1 aromatic heterocycles. The van der Waals surface area contributed by atoms with Crippen LogP contribution in [0.25, 0.3) is 0 Å². The van der Waals surface area contributed by atoms with E-state index in [4.69, 9.17) is 4.74 Å². The first-order valence-electron chi connectivity index (χ1n) is 9.28. The molecule has 0 fully saturated rings. The monoisotopic (exact) mass is 397 g/mol. The van der Waals surface area contributed by atoms with Gasteiger partial charge >= 0.3 is 5.97 Å². The van der Waals surface area contributed by atoms with Gasteiger partial charge in [0.05, 0.1) is 11.1 Å². The molecule has 0 saturated carbocycles. The van der Waals surface area contributed by atoms with Crippen molar-refractivity contribution < 1.29 is 14.3 Å². The molecule has 1 amide bonds. The summed E-state index contributed by atoms with van der Waals surface area (Å²) in [5.74, 6) is -0.992. The number of carbonyl (C=O) groups excluding carboxylic acids is 2. The molecular weight excluding hydrogens is 374 g/mol. The van der Waals surface area contributed by atoms with Gasteiger partial charge in [-0.25, -0.2) is 4.79 Å². The molecule has 7 heteroatoms. The fraction of sp³-hybridized carbons (Fsp3) is 0.381. The van der Waals surface area contributed by atoms with Crippen LogP contribution in [0, 0.1) is 11.3 Å². The molecule has 3 rings (SSSR count). The molecule has 1 heterocycles. The maximum Gasteiger partial charge on any atom is 0.338 e. The van der Waals surface area contributed by atoms with Gasteiger partial charge < -0.3 is 15.0 Å². The van der Waals surface area contributed by atoms with Gasteiger partial charge in [0.1, 0.15) is 11.1 Å². The van der Waals surface area contributed by atoms with Crippen molar-refractivity contribution >= 4 is 33.9 Å². The Bertz CT molecular complexity index is 910. The number of fused-ring (bicyclic) bond motifs is 1. The summed E-state index contributed by atoms with van der Waals surface area (Å²) in [5, 5.41) is 12.8. The summed E-state index contributed by atoms with van der Waals surface area (Å²) < 4.78 is 5.12. The summed E-state index contributed by atoms with van der Waals surface area (Å²) in [6.07, 6.45) is 5.16. The van der Waals surface area contributed by atoms with E-state index in [1.165, 1.54) is 22.6 Å². The van der Waals surface area contributed by atoms with Gasteiger partial charge in [0, 0.05) is 24.7 Å². The van der Waals surface area contributed by atoms with Crippen LogP contribution < -0.4 is 10.2 Å². The smallest absolute Gasteiger partial charge is 0.338 e. The zero-order valence-corrected chi connectivity index (χ0v) is 16.9. The topological polar surface area (TPSA) is 82.4 Å². The standard InChI is InChI=1S/C21H23N3O3S/c1-24(2)15-10-8-14(9-11-15)21(26)27-13-19(25)23-20-17(12-22)16-6-4-3-5-7-18(16)28-20/h8-11H,3-7,13H2,1-2H3,(H,23,25). The van der Waals surface area contributed by atoms with Crippen molar-refractivity contribution in [3.8, 4) is 6.07 Å². The largest absolute Gasteiger partial charge is 0.452 e. The van der Waals surface area contributed by atoms with Crippen molar-refractivity contribution in [1.82, 2.24) is 0 Å². The first-order valence-corrected chi connectivity index (χ1v) is 10.1. The van der Waals surface area contributed by atoms with Crippen molar-refractivity contribution in [3.63, 3.8) is 0 Å². The number of hydrogen-bond acceptors (Lipinski definition) is 6. The first kappa shape index (κ1) is 19.9. The van der Waals surface area contributed by atoms with Crippen LogP contribution in [-0.4, -0.2) is 32.6 Å². The highest BCUT2D eigenvalue weighted by Crippen LogP contribution is 2.36. The van der Waals surface area contributed by atoms with Crippen LogP contribution in [0.3, 0.4) is 0 Å². The number of ether oxygens (including phenoxy) is 1. The molecule has 0 atom stereocenters. The van der Waals surface area contributed by atoms with E-state index in [2.05, 4.69) is 11.4 Å². The highest BCUT2D eigenvalue weighted by Gasteiger charge is 2.21. The van der Waals surface area contributed by atoms with Crippen molar-refractivity contribution in [1.29, 1.82) is 5.26 Å². The predicted octanol–water partition coefficient (Wildman–Crippen LogP) is 3.75. The molecule has 6 nitrogen and oxygen atoms in total. The molecule has 0 bridgehead atoms. The molecule has 1 aliphatic carbocycles. The van der Waals surface area contributed by atoms with E-state index >= 15 is 0 Å². The van der Waals surface area contributed by atoms with Crippen molar-refractivity contribution in [3.05, 3.63) is 45.8 Å². The van der Waals surface area contributed by atoms with Crippen LogP contribution in [0.1, 0.15) is 45.6 Å². The Morgan fingerprint density at radius 1 is 1.18 bits per heavy atom. The van der Waals surface area contributed by atoms with Gasteiger partial charge in [-0.3, -0.25) is 4.79 Å². The van der Waals surface area contributed by atoms with Crippen LogP contribution in [0.5, 0.6) is 0 Å². The first-order chi connectivity index (χ1) is 13.5. The maximum absolute atomic E-state index is 12.2. The van der Waals surface area contributed by atoms with Crippen LogP contribution in [-0.2, 0) is 22.4 Å². The van der Waals surface area contributed by atoms with Crippen molar-refractivity contribution in [2.45, 2.75) is 32.1 Å². The average Bonchev–Trinajstić information content (AvgIpc) is 2.85. The molecule has 1 aliphatic rings. The van der Waals surface area contributed by atoms with Crippen molar-refractivity contribution in [2.24, 2.45) is 0 Å². The number of nitrogens with one attached hydrogen (secondary N) is 1. The second kappa shape index (κ2) is 8.89. The van der Waals surface area contributed by atoms with E-state index in [-0.39, 0.29) is 6.61 Å². The number of esters is 1. The molecule has 146 valence electrons. The van der Waals surface area contributed by atoms with Gasteiger partial charge in [0.25, 0.3) is 5.91 Å². The Hall–Kier alpha value is -2.85. The molecule has 1 aromatic carbocycles.